The van der Waals surface area contributed by atoms with Crippen LogP contribution in [0.1, 0.15) is 46.2 Å². The van der Waals surface area contributed by atoms with Gasteiger partial charge in [-0.2, -0.15) is 0 Å². The summed E-state index contributed by atoms with van der Waals surface area (Å²) in [6.45, 7) is 4.34. The lowest BCUT2D eigenvalue weighted by Crippen LogP contribution is -2.26. The average molecular weight is 761 g/mol. The maximum absolute atomic E-state index is 13.0. The van der Waals surface area contributed by atoms with Crippen molar-refractivity contribution < 1.29 is 4.79 Å². The Labute approximate surface area is 260 Å². The molecule has 1 aromatic carbocycles. The summed E-state index contributed by atoms with van der Waals surface area (Å²) in [5.41, 5.74) is 4.29. The van der Waals surface area contributed by atoms with Crippen LogP contribution in [0.25, 0.3) is 0 Å². The highest BCUT2D eigenvalue weighted by Crippen LogP contribution is 2.43. The largest absolute Gasteiger partial charge is 0.365 e. The molecule has 3 aliphatic rings. The Morgan fingerprint density at radius 1 is 1.18 bits per heavy atom. The molecule has 4 heterocycles. The molecule has 200 valence electrons. The van der Waals surface area contributed by atoms with E-state index in [1.54, 1.807) is 12.3 Å². The highest BCUT2D eigenvalue weighted by Gasteiger charge is 2.33. The number of anilines is 1. The predicted octanol–water partition coefficient (Wildman–Crippen LogP) is 6.83. The van der Waals surface area contributed by atoms with Gasteiger partial charge in [0, 0.05) is 60.9 Å². The minimum absolute atomic E-state index is 0.127. The number of carbonyl (C=O) groups excluding carboxylic acids is 1. The Balaban J connectivity index is 1.07. The van der Waals surface area contributed by atoms with Crippen molar-refractivity contribution in [3.05, 3.63) is 107 Å². The van der Waals surface area contributed by atoms with Crippen molar-refractivity contribution in [2.75, 3.05) is 11.9 Å². The standard InChI is InChI=1S/C30H29I2N5OS/c1-18-15-35-29-24-14-21(6-5-20(24)10-12-37(18)29)27-9-7-22(39-27)17-34-28-23(3-2-11-33-28)30(38)36-16-19-4-8-25(31)26(32)13-19/h2-8,11,13-15,20,24,27H,9-10,12,16-17H2,1H3,(H,33,34)(H,36,38). The molecule has 9 heteroatoms. The molecule has 0 saturated heterocycles. The number of hydrogen-bond donors (Lipinski definition) is 2. The number of rotatable bonds is 7. The number of carbonyl (C=O) groups is 1. The number of imidazole rings is 1. The number of pyridine rings is 1. The number of hydrogen-bond acceptors (Lipinski definition) is 5. The molecule has 0 radical (unpaired) electrons. The van der Waals surface area contributed by atoms with Gasteiger partial charge in [-0.1, -0.05) is 30.4 Å². The first-order valence-corrected chi connectivity index (χ1v) is 16.2. The van der Waals surface area contributed by atoms with Gasteiger partial charge in [0.05, 0.1) is 5.56 Å². The van der Waals surface area contributed by atoms with E-state index in [9.17, 15) is 4.79 Å². The molecule has 2 N–H and O–H groups in total. The van der Waals surface area contributed by atoms with Crippen LogP contribution in [-0.2, 0) is 13.1 Å². The molecule has 3 atom stereocenters. The van der Waals surface area contributed by atoms with E-state index < -0.39 is 0 Å². The molecule has 6 rings (SSSR count). The molecule has 0 saturated carbocycles. The number of halogens is 2. The summed E-state index contributed by atoms with van der Waals surface area (Å²) in [5.74, 6) is 2.61. The smallest absolute Gasteiger partial charge is 0.255 e. The second-order valence-corrected chi connectivity index (χ2v) is 13.8. The molecule has 3 unspecified atom stereocenters. The molecule has 2 aromatic heterocycles. The Morgan fingerprint density at radius 2 is 2.08 bits per heavy atom. The molecule has 0 bridgehead atoms. The highest BCUT2D eigenvalue weighted by atomic mass is 127. The molecule has 39 heavy (non-hydrogen) atoms. The summed E-state index contributed by atoms with van der Waals surface area (Å²) in [6.07, 6.45) is 15.4. The second kappa shape index (κ2) is 11.8. The van der Waals surface area contributed by atoms with E-state index in [4.69, 9.17) is 4.98 Å². The van der Waals surface area contributed by atoms with Crippen molar-refractivity contribution >= 4 is 68.7 Å². The van der Waals surface area contributed by atoms with Crippen LogP contribution in [0.3, 0.4) is 0 Å². The molecule has 0 fully saturated rings. The van der Waals surface area contributed by atoms with Crippen LogP contribution in [0.15, 0.2) is 77.5 Å². The van der Waals surface area contributed by atoms with E-state index in [1.165, 1.54) is 35.6 Å². The first-order chi connectivity index (χ1) is 19.0. The maximum atomic E-state index is 13.0. The van der Waals surface area contributed by atoms with Crippen LogP contribution in [0.4, 0.5) is 5.82 Å². The van der Waals surface area contributed by atoms with Crippen molar-refractivity contribution in [3.8, 4) is 0 Å². The zero-order valence-electron chi connectivity index (χ0n) is 21.5. The average Bonchev–Trinajstić information content (AvgIpc) is 3.59. The Kier molecular flexibility index (Phi) is 8.17. The Morgan fingerprint density at radius 3 is 2.95 bits per heavy atom. The lowest BCUT2D eigenvalue weighted by Gasteiger charge is -2.32. The number of nitrogens with one attached hydrogen (secondary N) is 2. The molecule has 6 nitrogen and oxygen atoms in total. The molecule has 1 aliphatic carbocycles. The van der Waals surface area contributed by atoms with E-state index in [2.05, 4.69) is 109 Å². The van der Waals surface area contributed by atoms with Crippen molar-refractivity contribution in [2.45, 2.75) is 44.0 Å². The summed E-state index contributed by atoms with van der Waals surface area (Å²) in [4.78, 5) is 23.5. The number of thioether (sulfide) groups is 1. The zero-order valence-corrected chi connectivity index (χ0v) is 26.7. The van der Waals surface area contributed by atoms with Gasteiger partial charge < -0.3 is 15.2 Å². The van der Waals surface area contributed by atoms with Gasteiger partial charge in [-0.15, -0.1) is 11.8 Å². The first-order valence-electron chi connectivity index (χ1n) is 13.1. The molecular formula is C30H29I2N5OS. The SMILES string of the molecule is Cc1cnc2n1CCC1C=CC(C3CC=C(CNc4ncccc4C(=O)NCc4ccc(I)c(I)c4)S3)=CC21. The molecule has 0 spiro atoms. The second-order valence-electron chi connectivity index (χ2n) is 10.1. The van der Waals surface area contributed by atoms with Gasteiger partial charge in [0.15, 0.2) is 0 Å². The number of aromatic nitrogens is 3. The van der Waals surface area contributed by atoms with Gasteiger partial charge >= 0.3 is 0 Å². The Hall–Kier alpha value is -2.12. The van der Waals surface area contributed by atoms with E-state index in [0.717, 1.165) is 18.5 Å². The van der Waals surface area contributed by atoms with Crippen LogP contribution < -0.4 is 10.6 Å². The van der Waals surface area contributed by atoms with E-state index >= 15 is 0 Å². The van der Waals surface area contributed by atoms with E-state index in [0.29, 0.717) is 41.6 Å². The summed E-state index contributed by atoms with van der Waals surface area (Å²) in [7, 11) is 0. The fraction of sp³-hybridized carbons (Fsp3) is 0.300. The lowest BCUT2D eigenvalue weighted by molar-refractivity contribution is 0.0951. The maximum Gasteiger partial charge on any atom is 0.255 e. The van der Waals surface area contributed by atoms with Gasteiger partial charge in [0.1, 0.15) is 11.6 Å². The molecule has 1 amide bonds. The quantitative estimate of drug-likeness (QED) is 0.259. The fourth-order valence-electron chi connectivity index (χ4n) is 5.47. The van der Waals surface area contributed by atoms with Crippen molar-refractivity contribution in [3.63, 3.8) is 0 Å². The van der Waals surface area contributed by atoms with Crippen LogP contribution in [0.2, 0.25) is 0 Å². The third kappa shape index (κ3) is 5.85. The summed E-state index contributed by atoms with van der Waals surface area (Å²) in [6, 6.07) is 9.86. The summed E-state index contributed by atoms with van der Waals surface area (Å²) >= 11 is 6.54. The first kappa shape index (κ1) is 27.1. The topological polar surface area (TPSA) is 71.8 Å². The van der Waals surface area contributed by atoms with Gasteiger partial charge in [0.25, 0.3) is 5.91 Å². The number of benzene rings is 1. The lowest BCUT2D eigenvalue weighted by atomic mass is 9.80. The van der Waals surface area contributed by atoms with Crippen molar-refractivity contribution in [2.24, 2.45) is 5.92 Å². The number of allylic oxidation sites excluding steroid dienone is 4. The highest BCUT2D eigenvalue weighted by molar-refractivity contribution is 14.1. The number of aryl methyl sites for hydroxylation is 1. The number of amides is 1. The van der Waals surface area contributed by atoms with Crippen molar-refractivity contribution in [1.29, 1.82) is 0 Å². The van der Waals surface area contributed by atoms with Crippen LogP contribution in [0.5, 0.6) is 0 Å². The Bertz CT molecular complexity index is 1510. The van der Waals surface area contributed by atoms with Gasteiger partial charge in [0.2, 0.25) is 0 Å². The normalized spacial score (nSPS) is 21.6. The van der Waals surface area contributed by atoms with Crippen LogP contribution in [0, 0.1) is 20.0 Å². The number of nitrogens with zero attached hydrogens (tertiary/aromatic N) is 3. The van der Waals surface area contributed by atoms with Gasteiger partial charge in [-0.25, -0.2) is 9.97 Å². The summed E-state index contributed by atoms with van der Waals surface area (Å²) in [5, 5.41) is 6.88. The van der Waals surface area contributed by atoms with E-state index in [-0.39, 0.29) is 5.91 Å². The fourth-order valence-corrected chi connectivity index (χ4v) is 7.59. The van der Waals surface area contributed by atoms with Crippen LogP contribution >= 0.6 is 56.9 Å². The van der Waals surface area contributed by atoms with Gasteiger partial charge in [-0.05, 0) is 106 Å². The zero-order chi connectivity index (χ0) is 26.9. The van der Waals surface area contributed by atoms with Crippen LogP contribution in [-0.4, -0.2) is 32.2 Å². The predicted molar refractivity (Wildman–Crippen MR) is 175 cm³/mol. The third-order valence-corrected chi connectivity index (χ3v) is 11.8. The van der Waals surface area contributed by atoms with E-state index in [1.807, 2.05) is 30.1 Å². The third-order valence-electron chi connectivity index (χ3n) is 7.58. The van der Waals surface area contributed by atoms with Crippen molar-refractivity contribution in [1.82, 2.24) is 19.9 Å². The van der Waals surface area contributed by atoms with Gasteiger partial charge in [-0.3, -0.25) is 4.79 Å². The molecule has 2 aliphatic heterocycles. The molecular weight excluding hydrogens is 732 g/mol. The summed E-state index contributed by atoms with van der Waals surface area (Å²) < 4.78 is 4.77. The number of fused-ring (bicyclic) bond motifs is 3. The minimum Gasteiger partial charge on any atom is -0.365 e. The molecule has 3 aromatic rings. The minimum atomic E-state index is -0.127. The monoisotopic (exact) mass is 761 g/mol.